The van der Waals surface area contributed by atoms with Gasteiger partial charge in [0.05, 0.1) is 17.0 Å². The third-order valence-corrected chi connectivity index (χ3v) is 14.3. The number of nitriles is 1. The second-order valence-electron chi connectivity index (χ2n) is 11.4. The maximum absolute atomic E-state index is 10.7. The van der Waals surface area contributed by atoms with Crippen LogP contribution in [0.3, 0.4) is 0 Å². The van der Waals surface area contributed by atoms with Gasteiger partial charge in [-0.1, -0.05) is 51.1 Å². The third-order valence-electron chi connectivity index (χ3n) is 7.99. The van der Waals surface area contributed by atoms with Crippen molar-refractivity contribution in [3.05, 3.63) is 52.5 Å². The van der Waals surface area contributed by atoms with E-state index in [4.69, 9.17) is 18.6 Å². The predicted octanol–water partition coefficient (Wildman–Crippen LogP) is 6.30. The number of thioether (sulfide) groups is 1. The Kier molecular flexibility index (Phi) is 7.74. The fourth-order valence-corrected chi connectivity index (χ4v) is 7.53. The first kappa shape index (κ1) is 27.7. The number of aromatic nitrogens is 2. The minimum Gasteiger partial charge on any atom is -0.414 e. The lowest BCUT2D eigenvalue weighted by Gasteiger charge is -2.37. The highest BCUT2D eigenvalue weighted by Crippen LogP contribution is 2.51. The minimum atomic E-state index is -2.05. The van der Waals surface area contributed by atoms with E-state index in [1.165, 1.54) is 16.9 Å². The van der Waals surface area contributed by atoms with Crippen molar-refractivity contribution >= 4 is 42.3 Å². The summed E-state index contributed by atoms with van der Waals surface area (Å²) in [6.07, 6.45) is 3.18. The lowest BCUT2D eigenvalue weighted by atomic mass is 9.93. The lowest BCUT2D eigenvalue weighted by Crippen LogP contribution is -2.44. The van der Waals surface area contributed by atoms with Crippen molar-refractivity contribution in [2.75, 3.05) is 12.9 Å². The van der Waals surface area contributed by atoms with Gasteiger partial charge in [0.2, 0.25) is 5.60 Å². The molecule has 0 saturated carbocycles. The Morgan fingerprint density at radius 2 is 1.95 bits per heavy atom. The topological polar surface area (TPSA) is 86.5 Å². The molecule has 38 heavy (non-hydrogen) atoms. The number of hydrogen-bond donors (Lipinski definition) is 0. The van der Waals surface area contributed by atoms with Crippen molar-refractivity contribution in [3.63, 3.8) is 0 Å². The van der Waals surface area contributed by atoms with E-state index in [0.29, 0.717) is 13.0 Å². The Morgan fingerprint density at radius 1 is 1.18 bits per heavy atom. The van der Waals surface area contributed by atoms with Gasteiger partial charge in [0, 0.05) is 17.2 Å². The number of thiophene rings is 1. The van der Waals surface area contributed by atoms with Gasteiger partial charge in [0.25, 0.3) is 0 Å². The van der Waals surface area contributed by atoms with Gasteiger partial charge in [-0.15, -0.1) is 23.1 Å². The summed E-state index contributed by atoms with van der Waals surface area (Å²) < 4.78 is 26.2. The highest BCUT2D eigenvalue weighted by molar-refractivity contribution is 7.98. The van der Waals surface area contributed by atoms with Crippen molar-refractivity contribution in [2.45, 2.75) is 87.0 Å². The van der Waals surface area contributed by atoms with Crippen LogP contribution in [0.25, 0.3) is 10.9 Å². The van der Waals surface area contributed by atoms with Crippen molar-refractivity contribution in [2.24, 2.45) is 0 Å². The quantitative estimate of drug-likeness (QED) is 0.178. The van der Waals surface area contributed by atoms with E-state index in [0.717, 1.165) is 27.2 Å². The van der Waals surface area contributed by atoms with Crippen LogP contribution >= 0.6 is 23.1 Å². The van der Waals surface area contributed by atoms with Crippen LogP contribution in [0.5, 0.6) is 0 Å². The van der Waals surface area contributed by atoms with Gasteiger partial charge in [-0.2, -0.15) is 5.26 Å². The molecule has 4 heterocycles. The molecule has 2 aliphatic rings. The summed E-state index contributed by atoms with van der Waals surface area (Å²) in [7, 11) is -2.05. The molecule has 2 aromatic heterocycles. The summed E-state index contributed by atoms with van der Waals surface area (Å²) in [6, 6.07) is 12.8. The van der Waals surface area contributed by atoms with Crippen molar-refractivity contribution < 1.29 is 18.6 Å². The molecule has 0 N–H and O–H groups in total. The summed E-state index contributed by atoms with van der Waals surface area (Å²) in [6.45, 7) is 11.4. The highest BCUT2D eigenvalue weighted by Gasteiger charge is 2.64. The number of rotatable bonds is 8. The molecule has 1 unspecified atom stereocenters. The molecule has 2 aliphatic heterocycles. The Hall–Kier alpha value is -1.84. The standard InChI is InChI=1S/C28H35N3O4S2Si/c1-27(2,3)38(5,6)32-14-20-23-24(34-21(33-23)13-12-18-10-8-7-9-11-18)28(16-29,35-20)25-22-19(15-37-25)26(36-4)31-17-30-22/h7-11,15,17,20-21,23-24H,12-14H2,1-6H3/t20-,21?,23-,24-,28-/m1/s1. The van der Waals surface area contributed by atoms with Crippen molar-refractivity contribution in [1.82, 2.24) is 9.97 Å². The number of aryl methyl sites for hydroxylation is 1. The Labute approximate surface area is 234 Å². The van der Waals surface area contributed by atoms with Crippen LogP contribution in [0.2, 0.25) is 18.1 Å². The second kappa shape index (κ2) is 10.6. The summed E-state index contributed by atoms with van der Waals surface area (Å²) in [5.74, 6) is 0. The molecule has 1 aromatic carbocycles. The van der Waals surface area contributed by atoms with E-state index < -0.39 is 38.5 Å². The molecule has 5 rings (SSSR count). The molecular formula is C28H35N3O4S2Si. The Morgan fingerprint density at radius 3 is 2.63 bits per heavy atom. The largest absolute Gasteiger partial charge is 0.414 e. The number of benzene rings is 1. The van der Waals surface area contributed by atoms with Crippen molar-refractivity contribution in [1.29, 1.82) is 5.26 Å². The van der Waals surface area contributed by atoms with Crippen LogP contribution in [-0.2, 0) is 30.7 Å². The summed E-state index contributed by atoms with van der Waals surface area (Å²) in [5.41, 5.74) is 0.615. The fraction of sp³-hybridized carbons (Fsp3) is 0.536. The molecule has 0 spiro atoms. The van der Waals surface area contributed by atoms with E-state index >= 15 is 0 Å². The van der Waals surface area contributed by atoms with E-state index in [1.807, 2.05) is 29.8 Å². The summed E-state index contributed by atoms with van der Waals surface area (Å²) in [5, 5.41) is 14.6. The molecule has 0 radical (unpaired) electrons. The molecule has 5 atom stereocenters. The first-order valence-corrected chi connectivity index (χ1v) is 18.0. The zero-order valence-electron chi connectivity index (χ0n) is 22.8. The Balaban J connectivity index is 1.47. The van der Waals surface area contributed by atoms with Crippen LogP contribution < -0.4 is 0 Å². The van der Waals surface area contributed by atoms with Gasteiger partial charge in [-0.25, -0.2) is 9.97 Å². The van der Waals surface area contributed by atoms with E-state index in [2.05, 4.69) is 62.0 Å². The molecule has 10 heteroatoms. The minimum absolute atomic E-state index is 0.0532. The maximum atomic E-state index is 10.7. The number of nitrogens with zero attached hydrogens (tertiary/aromatic N) is 3. The predicted molar refractivity (Wildman–Crippen MR) is 153 cm³/mol. The van der Waals surface area contributed by atoms with Crippen molar-refractivity contribution in [3.8, 4) is 6.07 Å². The smallest absolute Gasteiger partial charge is 0.220 e. The normalized spacial score (nSPS) is 27.5. The third kappa shape index (κ3) is 4.94. The average Bonchev–Trinajstić information content (AvgIpc) is 3.59. The van der Waals surface area contributed by atoms with Crippen LogP contribution in [0.4, 0.5) is 0 Å². The monoisotopic (exact) mass is 569 g/mol. The second-order valence-corrected chi connectivity index (χ2v) is 17.9. The van der Waals surface area contributed by atoms with Crippen LogP contribution in [0, 0.1) is 11.3 Å². The SMILES string of the molecule is CSc1ncnc2c([C@]3(C#N)O[C@H](CO[Si](C)(C)C(C)(C)C)[C@H]4OC(CCc5ccccc5)O[C@H]43)scc12. The first-order chi connectivity index (χ1) is 18.1. The number of fused-ring (bicyclic) bond motifs is 2. The Bertz CT molecular complexity index is 1320. The van der Waals surface area contributed by atoms with E-state index in [1.54, 1.807) is 18.1 Å². The molecule has 0 bridgehead atoms. The van der Waals surface area contributed by atoms with Crippen LogP contribution in [-0.4, -0.2) is 55.7 Å². The number of hydrogen-bond acceptors (Lipinski definition) is 9. The molecule has 3 aromatic rings. The maximum Gasteiger partial charge on any atom is 0.220 e. The summed E-state index contributed by atoms with van der Waals surface area (Å²) in [4.78, 5) is 9.72. The molecule has 0 amide bonds. The number of ether oxygens (including phenoxy) is 3. The van der Waals surface area contributed by atoms with E-state index in [-0.39, 0.29) is 5.04 Å². The van der Waals surface area contributed by atoms with Gasteiger partial charge in [0.15, 0.2) is 14.6 Å². The zero-order valence-corrected chi connectivity index (χ0v) is 25.4. The molecule has 202 valence electrons. The summed E-state index contributed by atoms with van der Waals surface area (Å²) >= 11 is 3.03. The molecular weight excluding hydrogens is 535 g/mol. The highest BCUT2D eigenvalue weighted by atomic mass is 32.2. The van der Waals surface area contributed by atoms with Crippen LogP contribution in [0.15, 0.2) is 47.1 Å². The van der Waals surface area contributed by atoms with Gasteiger partial charge < -0.3 is 18.6 Å². The zero-order chi connectivity index (χ0) is 27.1. The average molecular weight is 570 g/mol. The van der Waals surface area contributed by atoms with Gasteiger partial charge in [-0.3, -0.25) is 0 Å². The molecule has 7 nitrogen and oxygen atoms in total. The molecule has 0 aliphatic carbocycles. The van der Waals surface area contributed by atoms with Gasteiger partial charge >= 0.3 is 0 Å². The lowest BCUT2D eigenvalue weighted by molar-refractivity contribution is -0.156. The fourth-order valence-electron chi connectivity index (χ4n) is 4.79. The van der Waals surface area contributed by atoms with Crippen LogP contribution in [0.1, 0.15) is 37.6 Å². The molecule has 2 saturated heterocycles. The first-order valence-electron chi connectivity index (χ1n) is 12.9. The van der Waals surface area contributed by atoms with E-state index in [9.17, 15) is 5.26 Å². The van der Waals surface area contributed by atoms with Gasteiger partial charge in [-0.05, 0) is 36.4 Å². The van der Waals surface area contributed by atoms with Gasteiger partial charge in [0.1, 0.15) is 35.7 Å². The molecule has 2 fully saturated rings.